The fourth-order valence-electron chi connectivity index (χ4n) is 2.30. The number of methoxy groups -OCH3 is 1. The molecule has 0 aliphatic heterocycles. The molecule has 0 unspecified atom stereocenters. The summed E-state index contributed by atoms with van der Waals surface area (Å²) in [4.78, 5) is 4.26. The number of ether oxygens (including phenoxy) is 2. The molecule has 0 aliphatic rings. The lowest BCUT2D eigenvalue weighted by Crippen LogP contribution is -2.36. The summed E-state index contributed by atoms with van der Waals surface area (Å²) in [5.74, 6) is 2.52. The second-order valence-electron chi connectivity index (χ2n) is 5.62. The van der Waals surface area contributed by atoms with E-state index in [4.69, 9.17) is 9.47 Å². The summed E-state index contributed by atoms with van der Waals surface area (Å²) in [5, 5.41) is 6.63. The molecule has 5 nitrogen and oxygen atoms in total. The van der Waals surface area contributed by atoms with Crippen LogP contribution in [0.5, 0.6) is 11.5 Å². The fraction of sp³-hybridized carbons (Fsp3) is 0.350. The van der Waals surface area contributed by atoms with Crippen molar-refractivity contribution >= 4 is 29.9 Å². The maximum absolute atomic E-state index is 5.67. The van der Waals surface area contributed by atoms with Gasteiger partial charge >= 0.3 is 0 Å². The highest BCUT2D eigenvalue weighted by molar-refractivity contribution is 14.0. The van der Waals surface area contributed by atoms with Crippen LogP contribution in [0.3, 0.4) is 0 Å². The Morgan fingerprint density at radius 3 is 2.27 bits per heavy atom. The Hall–Kier alpha value is -1.96. The van der Waals surface area contributed by atoms with Crippen molar-refractivity contribution in [2.75, 3.05) is 20.8 Å². The molecule has 142 valence electrons. The third kappa shape index (κ3) is 7.51. The lowest BCUT2D eigenvalue weighted by Gasteiger charge is -2.13. The van der Waals surface area contributed by atoms with Crippen molar-refractivity contribution in [3.8, 4) is 11.5 Å². The van der Waals surface area contributed by atoms with Crippen LogP contribution in [-0.2, 0) is 13.1 Å². The zero-order valence-electron chi connectivity index (χ0n) is 15.6. The van der Waals surface area contributed by atoms with Crippen molar-refractivity contribution in [2.45, 2.75) is 26.4 Å². The number of benzene rings is 2. The number of nitrogens with zero attached hydrogens (tertiary/aromatic N) is 1. The maximum Gasteiger partial charge on any atom is 0.191 e. The standard InChI is InChI=1S/C20H27N3O2.HI/c1-4-12-25-19-7-5-6-17(13-19)15-23-20(21-2)22-14-16-8-10-18(24-3)11-9-16;/h5-11,13H,4,12,14-15H2,1-3H3,(H2,21,22,23);1H. The molecule has 0 radical (unpaired) electrons. The van der Waals surface area contributed by atoms with E-state index in [1.165, 1.54) is 5.56 Å². The maximum atomic E-state index is 5.67. The highest BCUT2D eigenvalue weighted by Gasteiger charge is 2.01. The van der Waals surface area contributed by atoms with Gasteiger partial charge in [0, 0.05) is 20.1 Å². The van der Waals surface area contributed by atoms with Crippen LogP contribution in [0.15, 0.2) is 53.5 Å². The molecule has 0 aliphatic carbocycles. The predicted octanol–water partition coefficient (Wildman–Crippen LogP) is 3.97. The van der Waals surface area contributed by atoms with Crippen LogP contribution in [0.4, 0.5) is 0 Å². The number of hydrogen-bond donors (Lipinski definition) is 2. The summed E-state index contributed by atoms with van der Waals surface area (Å²) in [6, 6.07) is 16.1. The van der Waals surface area contributed by atoms with Gasteiger partial charge in [-0.05, 0) is 41.8 Å². The zero-order valence-corrected chi connectivity index (χ0v) is 17.9. The smallest absolute Gasteiger partial charge is 0.191 e. The molecular formula is C20H28IN3O2. The normalized spacial score (nSPS) is 10.7. The SMILES string of the molecule is CCCOc1cccc(CNC(=NC)NCc2ccc(OC)cc2)c1.I. The van der Waals surface area contributed by atoms with E-state index in [2.05, 4.69) is 34.7 Å². The molecule has 2 aromatic carbocycles. The summed E-state index contributed by atoms with van der Waals surface area (Å²) >= 11 is 0. The van der Waals surface area contributed by atoms with Crippen LogP contribution < -0.4 is 20.1 Å². The number of aliphatic imine (C=N–C) groups is 1. The largest absolute Gasteiger partial charge is 0.497 e. The van der Waals surface area contributed by atoms with Crippen molar-refractivity contribution in [3.63, 3.8) is 0 Å². The summed E-state index contributed by atoms with van der Waals surface area (Å²) in [6.07, 6.45) is 1.00. The minimum absolute atomic E-state index is 0. The molecule has 0 saturated carbocycles. The van der Waals surface area contributed by atoms with Gasteiger partial charge in [0.2, 0.25) is 0 Å². The van der Waals surface area contributed by atoms with E-state index in [0.717, 1.165) is 36.0 Å². The number of rotatable bonds is 8. The monoisotopic (exact) mass is 469 g/mol. The van der Waals surface area contributed by atoms with Crippen molar-refractivity contribution < 1.29 is 9.47 Å². The Morgan fingerprint density at radius 2 is 1.65 bits per heavy atom. The molecule has 0 spiro atoms. The minimum atomic E-state index is 0. The van der Waals surface area contributed by atoms with Crippen molar-refractivity contribution in [1.29, 1.82) is 0 Å². The molecule has 0 heterocycles. The molecular weight excluding hydrogens is 441 g/mol. The molecule has 2 rings (SSSR count). The molecule has 2 aromatic rings. The number of guanidine groups is 1. The van der Waals surface area contributed by atoms with E-state index < -0.39 is 0 Å². The highest BCUT2D eigenvalue weighted by atomic mass is 127. The van der Waals surface area contributed by atoms with Crippen LogP contribution in [0, 0.1) is 0 Å². The lowest BCUT2D eigenvalue weighted by molar-refractivity contribution is 0.317. The Kier molecular flexibility index (Phi) is 10.5. The number of hydrogen-bond acceptors (Lipinski definition) is 3. The van der Waals surface area contributed by atoms with Crippen molar-refractivity contribution in [3.05, 3.63) is 59.7 Å². The average Bonchev–Trinajstić information content (AvgIpc) is 2.67. The zero-order chi connectivity index (χ0) is 17.9. The third-order valence-electron chi connectivity index (χ3n) is 3.67. The fourth-order valence-corrected chi connectivity index (χ4v) is 2.30. The van der Waals surface area contributed by atoms with Crippen LogP contribution >= 0.6 is 24.0 Å². The van der Waals surface area contributed by atoms with Gasteiger partial charge in [-0.15, -0.1) is 24.0 Å². The van der Waals surface area contributed by atoms with E-state index in [1.807, 2.05) is 36.4 Å². The quantitative estimate of drug-likeness (QED) is 0.349. The Labute approximate surface area is 173 Å². The topological polar surface area (TPSA) is 54.9 Å². The van der Waals surface area contributed by atoms with E-state index in [9.17, 15) is 0 Å². The van der Waals surface area contributed by atoms with E-state index >= 15 is 0 Å². The van der Waals surface area contributed by atoms with Gasteiger partial charge in [0.05, 0.1) is 13.7 Å². The molecule has 2 N–H and O–H groups in total. The Bertz CT molecular complexity index is 675. The van der Waals surface area contributed by atoms with Gasteiger partial charge in [-0.1, -0.05) is 31.2 Å². The van der Waals surface area contributed by atoms with Gasteiger partial charge in [0.1, 0.15) is 11.5 Å². The highest BCUT2D eigenvalue weighted by Crippen LogP contribution is 2.13. The third-order valence-corrected chi connectivity index (χ3v) is 3.67. The second kappa shape index (κ2) is 12.4. The van der Waals surface area contributed by atoms with Crippen LogP contribution in [0.25, 0.3) is 0 Å². The first kappa shape index (κ1) is 22.1. The summed E-state index contributed by atoms with van der Waals surface area (Å²) in [5.41, 5.74) is 2.32. The minimum Gasteiger partial charge on any atom is -0.497 e. The van der Waals surface area contributed by atoms with Gasteiger partial charge in [-0.25, -0.2) is 0 Å². The molecule has 0 saturated heterocycles. The van der Waals surface area contributed by atoms with E-state index in [0.29, 0.717) is 13.1 Å². The first-order chi connectivity index (χ1) is 12.2. The first-order valence-corrected chi connectivity index (χ1v) is 8.54. The Morgan fingerprint density at radius 1 is 0.962 bits per heavy atom. The summed E-state index contributed by atoms with van der Waals surface area (Å²) in [6.45, 7) is 4.22. The van der Waals surface area contributed by atoms with Gasteiger partial charge in [0.15, 0.2) is 5.96 Å². The number of halogens is 1. The number of nitrogens with one attached hydrogen (secondary N) is 2. The molecule has 0 aromatic heterocycles. The molecule has 0 amide bonds. The lowest BCUT2D eigenvalue weighted by atomic mass is 10.2. The van der Waals surface area contributed by atoms with Gasteiger partial charge < -0.3 is 20.1 Å². The van der Waals surface area contributed by atoms with E-state index in [-0.39, 0.29) is 24.0 Å². The second-order valence-corrected chi connectivity index (χ2v) is 5.62. The molecule has 26 heavy (non-hydrogen) atoms. The van der Waals surface area contributed by atoms with Crippen LogP contribution in [0.1, 0.15) is 24.5 Å². The van der Waals surface area contributed by atoms with Crippen LogP contribution in [-0.4, -0.2) is 26.7 Å². The molecule has 6 heteroatoms. The van der Waals surface area contributed by atoms with Gasteiger partial charge in [-0.3, -0.25) is 4.99 Å². The van der Waals surface area contributed by atoms with E-state index in [1.54, 1.807) is 14.2 Å². The predicted molar refractivity (Wildman–Crippen MR) is 118 cm³/mol. The Balaban J connectivity index is 0.00000338. The summed E-state index contributed by atoms with van der Waals surface area (Å²) in [7, 11) is 3.44. The average molecular weight is 469 g/mol. The summed E-state index contributed by atoms with van der Waals surface area (Å²) < 4.78 is 10.8. The van der Waals surface area contributed by atoms with Gasteiger partial charge in [0.25, 0.3) is 0 Å². The molecule has 0 fully saturated rings. The van der Waals surface area contributed by atoms with Crippen LogP contribution in [0.2, 0.25) is 0 Å². The van der Waals surface area contributed by atoms with Crippen molar-refractivity contribution in [1.82, 2.24) is 10.6 Å². The first-order valence-electron chi connectivity index (χ1n) is 8.54. The molecule has 0 bridgehead atoms. The van der Waals surface area contributed by atoms with Crippen molar-refractivity contribution in [2.24, 2.45) is 4.99 Å². The van der Waals surface area contributed by atoms with Gasteiger partial charge in [-0.2, -0.15) is 0 Å². The molecule has 0 atom stereocenters.